The van der Waals surface area contributed by atoms with E-state index in [1.165, 1.54) is 36.8 Å². The maximum absolute atomic E-state index is 6.22. The van der Waals surface area contributed by atoms with E-state index in [0.717, 1.165) is 23.5 Å². The molecule has 0 unspecified atom stereocenters. The minimum atomic E-state index is 0.765. The van der Waals surface area contributed by atoms with Crippen LogP contribution in [-0.2, 0) is 13.5 Å². The molecule has 20 heavy (non-hydrogen) atoms. The molecular weight excluding hydrogens is 246 g/mol. The van der Waals surface area contributed by atoms with Crippen LogP contribution in [0.5, 0.6) is 0 Å². The van der Waals surface area contributed by atoms with Gasteiger partial charge in [0.1, 0.15) is 5.82 Å². The molecule has 0 saturated heterocycles. The van der Waals surface area contributed by atoms with Crippen LogP contribution in [0.1, 0.15) is 43.9 Å². The van der Waals surface area contributed by atoms with Gasteiger partial charge in [-0.25, -0.2) is 0 Å². The van der Waals surface area contributed by atoms with E-state index in [1.807, 2.05) is 7.05 Å². The molecule has 0 aliphatic carbocycles. The van der Waals surface area contributed by atoms with Gasteiger partial charge in [0.15, 0.2) is 0 Å². The van der Waals surface area contributed by atoms with Crippen molar-refractivity contribution in [1.82, 2.24) is 9.78 Å². The average Bonchev–Trinajstić information content (AvgIpc) is 2.70. The Labute approximate surface area is 121 Å². The van der Waals surface area contributed by atoms with Crippen LogP contribution in [-0.4, -0.2) is 9.78 Å². The molecular formula is C17H25N3. The second-order valence-corrected chi connectivity index (χ2v) is 5.51. The van der Waals surface area contributed by atoms with Gasteiger partial charge >= 0.3 is 0 Å². The highest BCUT2D eigenvalue weighted by Crippen LogP contribution is 2.30. The van der Waals surface area contributed by atoms with Crippen LogP contribution in [0, 0.1) is 6.92 Å². The first-order valence-electron chi connectivity index (χ1n) is 7.52. The Morgan fingerprint density at radius 2 is 2.00 bits per heavy atom. The van der Waals surface area contributed by atoms with Gasteiger partial charge in [-0.15, -0.1) is 0 Å². The van der Waals surface area contributed by atoms with Crippen molar-refractivity contribution in [2.75, 3.05) is 5.73 Å². The van der Waals surface area contributed by atoms with Crippen LogP contribution in [0.4, 0.5) is 5.82 Å². The molecule has 1 aromatic carbocycles. The predicted molar refractivity (Wildman–Crippen MR) is 85.6 cm³/mol. The summed E-state index contributed by atoms with van der Waals surface area (Å²) in [6.45, 7) is 4.34. The Hall–Kier alpha value is -1.77. The molecule has 0 bridgehead atoms. The van der Waals surface area contributed by atoms with E-state index in [1.54, 1.807) is 4.68 Å². The molecule has 0 aliphatic heterocycles. The molecule has 0 radical (unpaired) electrons. The topological polar surface area (TPSA) is 43.8 Å². The summed E-state index contributed by atoms with van der Waals surface area (Å²) in [5.74, 6) is 0.765. The highest BCUT2D eigenvalue weighted by molar-refractivity contribution is 5.77. The van der Waals surface area contributed by atoms with Gasteiger partial charge in [-0.05, 0) is 25.3 Å². The standard InChI is InChI=1S/C17H25N3/c1-4-5-6-7-11-15-16(17(18)20(3)19-15)14-10-8-9-13(2)12-14/h8-10,12H,4-7,11,18H2,1-3H3. The highest BCUT2D eigenvalue weighted by atomic mass is 15.3. The van der Waals surface area contributed by atoms with Crippen LogP contribution < -0.4 is 5.73 Å². The molecule has 0 amide bonds. The Kier molecular flexibility index (Phi) is 4.83. The molecule has 0 atom stereocenters. The summed E-state index contributed by atoms with van der Waals surface area (Å²) in [4.78, 5) is 0. The van der Waals surface area contributed by atoms with Gasteiger partial charge in [0.05, 0.1) is 5.69 Å². The fourth-order valence-electron chi connectivity index (χ4n) is 2.60. The van der Waals surface area contributed by atoms with Crippen molar-refractivity contribution in [1.29, 1.82) is 0 Å². The summed E-state index contributed by atoms with van der Waals surface area (Å²) in [5, 5.41) is 4.61. The number of nitrogens with zero attached hydrogens (tertiary/aromatic N) is 2. The molecule has 1 aromatic heterocycles. The van der Waals surface area contributed by atoms with Crippen LogP contribution in [0.15, 0.2) is 24.3 Å². The number of nitrogen functional groups attached to an aromatic ring is 1. The maximum atomic E-state index is 6.22. The molecule has 3 heteroatoms. The molecule has 2 rings (SSSR count). The van der Waals surface area contributed by atoms with Crippen molar-refractivity contribution in [2.24, 2.45) is 7.05 Å². The number of aromatic nitrogens is 2. The first-order chi connectivity index (χ1) is 9.63. The van der Waals surface area contributed by atoms with Crippen molar-refractivity contribution in [3.63, 3.8) is 0 Å². The summed E-state index contributed by atoms with van der Waals surface area (Å²) in [6, 6.07) is 8.49. The molecule has 1 heterocycles. The van der Waals surface area contributed by atoms with Gasteiger partial charge < -0.3 is 5.73 Å². The van der Waals surface area contributed by atoms with E-state index >= 15 is 0 Å². The van der Waals surface area contributed by atoms with Crippen molar-refractivity contribution in [2.45, 2.75) is 46.0 Å². The van der Waals surface area contributed by atoms with Crippen LogP contribution >= 0.6 is 0 Å². The van der Waals surface area contributed by atoms with E-state index in [-0.39, 0.29) is 0 Å². The minimum absolute atomic E-state index is 0.765. The lowest BCUT2D eigenvalue weighted by molar-refractivity contribution is 0.651. The SMILES string of the molecule is CCCCCCc1nn(C)c(N)c1-c1cccc(C)c1. The Balaban J connectivity index is 2.27. The first-order valence-corrected chi connectivity index (χ1v) is 7.52. The third kappa shape index (κ3) is 3.21. The molecule has 2 aromatic rings. The quantitative estimate of drug-likeness (QED) is 0.804. The summed E-state index contributed by atoms with van der Waals surface area (Å²) >= 11 is 0. The van der Waals surface area contributed by atoms with Gasteiger partial charge in [-0.1, -0.05) is 56.0 Å². The zero-order chi connectivity index (χ0) is 14.5. The lowest BCUT2D eigenvalue weighted by atomic mass is 10.00. The van der Waals surface area contributed by atoms with Crippen LogP contribution in [0.3, 0.4) is 0 Å². The highest BCUT2D eigenvalue weighted by Gasteiger charge is 2.15. The normalized spacial score (nSPS) is 10.9. The number of anilines is 1. The lowest BCUT2D eigenvalue weighted by Crippen LogP contribution is -1.98. The number of nitrogens with two attached hydrogens (primary N) is 1. The Bertz CT molecular complexity index is 570. The number of aryl methyl sites for hydroxylation is 3. The number of benzene rings is 1. The number of hydrogen-bond donors (Lipinski definition) is 1. The number of hydrogen-bond acceptors (Lipinski definition) is 2. The fourth-order valence-corrected chi connectivity index (χ4v) is 2.60. The van der Waals surface area contributed by atoms with E-state index in [2.05, 4.69) is 43.2 Å². The third-order valence-electron chi connectivity index (χ3n) is 3.74. The molecule has 0 saturated carbocycles. The summed E-state index contributed by atoms with van der Waals surface area (Å²) in [7, 11) is 1.92. The predicted octanol–water partition coefficient (Wildman–Crippen LogP) is 4.10. The first kappa shape index (κ1) is 14.6. The second-order valence-electron chi connectivity index (χ2n) is 5.51. The van der Waals surface area contributed by atoms with Gasteiger partial charge in [0.2, 0.25) is 0 Å². The minimum Gasteiger partial charge on any atom is -0.383 e. The van der Waals surface area contributed by atoms with Gasteiger partial charge in [-0.2, -0.15) is 5.10 Å². The van der Waals surface area contributed by atoms with Gasteiger partial charge in [0, 0.05) is 12.6 Å². The van der Waals surface area contributed by atoms with E-state index in [4.69, 9.17) is 5.73 Å². The van der Waals surface area contributed by atoms with Crippen molar-refractivity contribution in [3.05, 3.63) is 35.5 Å². The van der Waals surface area contributed by atoms with E-state index in [0.29, 0.717) is 0 Å². The molecule has 0 fully saturated rings. The zero-order valence-electron chi connectivity index (χ0n) is 12.8. The zero-order valence-corrected chi connectivity index (χ0v) is 12.8. The second kappa shape index (κ2) is 6.60. The number of rotatable bonds is 6. The summed E-state index contributed by atoms with van der Waals surface area (Å²) in [6.07, 6.45) is 6.01. The van der Waals surface area contributed by atoms with Crippen molar-refractivity contribution < 1.29 is 0 Å². The summed E-state index contributed by atoms with van der Waals surface area (Å²) < 4.78 is 1.80. The largest absolute Gasteiger partial charge is 0.383 e. The van der Waals surface area contributed by atoms with Gasteiger partial charge in [0.25, 0.3) is 0 Å². The Morgan fingerprint density at radius 1 is 1.20 bits per heavy atom. The van der Waals surface area contributed by atoms with E-state index < -0.39 is 0 Å². The molecule has 108 valence electrons. The Morgan fingerprint density at radius 3 is 2.70 bits per heavy atom. The van der Waals surface area contributed by atoms with Crippen LogP contribution in [0.25, 0.3) is 11.1 Å². The monoisotopic (exact) mass is 271 g/mol. The van der Waals surface area contributed by atoms with E-state index in [9.17, 15) is 0 Å². The number of unbranched alkanes of at least 4 members (excludes halogenated alkanes) is 3. The van der Waals surface area contributed by atoms with Gasteiger partial charge in [-0.3, -0.25) is 4.68 Å². The molecule has 0 aliphatic rings. The van der Waals surface area contributed by atoms with Crippen LogP contribution in [0.2, 0.25) is 0 Å². The molecule has 0 spiro atoms. The van der Waals surface area contributed by atoms with Crippen molar-refractivity contribution >= 4 is 5.82 Å². The lowest BCUT2D eigenvalue weighted by Gasteiger charge is -2.05. The average molecular weight is 271 g/mol. The summed E-state index contributed by atoms with van der Waals surface area (Å²) in [5.41, 5.74) is 10.9. The molecule has 3 nitrogen and oxygen atoms in total. The van der Waals surface area contributed by atoms with Crippen molar-refractivity contribution in [3.8, 4) is 11.1 Å². The molecule has 2 N–H and O–H groups in total. The smallest absolute Gasteiger partial charge is 0.129 e. The fraction of sp³-hybridized carbons (Fsp3) is 0.471. The maximum Gasteiger partial charge on any atom is 0.129 e. The third-order valence-corrected chi connectivity index (χ3v) is 3.74.